The smallest absolute Gasteiger partial charge is 0.339 e. The van der Waals surface area contributed by atoms with Gasteiger partial charge in [-0.1, -0.05) is 12.1 Å². The molecule has 0 aliphatic rings. The van der Waals surface area contributed by atoms with Gasteiger partial charge in [-0.05, 0) is 12.1 Å². The van der Waals surface area contributed by atoms with Gasteiger partial charge in [-0.3, -0.25) is 4.79 Å². The van der Waals surface area contributed by atoms with Crippen LogP contribution in [-0.2, 0) is 4.79 Å². The van der Waals surface area contributed by atoms with Crippen molar-refractivity contribution in [3.05, 3.63) is 29.8 Å². The quantitative estimate of drug-likeness (QED) is 0.593. The third kappa shape index (κ3) is 9.42. The molecule has 7 nitrogen and oxygen atoms in total. The summed E-state index contributed by atoms with van der Waals surface area (Å²) in [5, 5.41) is 34.8. The van der Waals surface area contributed by atoms with Crippen LogP contribution >= 0.6 is 0 Å². The van der Waals surface area contributed by atoms with E-state index < -0.39 is 18.0 Å². The van der Waals surface area contributed by atoms with E-state index in [1.807, 2.05) is 21.1 Å². The summed E-state index contributed by atoms with van der Waals surface area (Å²) in [5.41, 5.74) is -0.0671. The van der Waals surface area contributed by atoms with Crippen molar-refractivity contribution < 1.29 is 34.5 Å². The number of hydrogen-bond acceptors (Lipinski definition) is 4. The molecule has 0 aliphatic heterocycles. The second-order valence-corrected chi connectivity index (χ2v) is 5.55. The number of carbonyl (C=O) groups is 2. The number of quaternary nitrogens is 1. The molecule has 1 rings (SSSR count). The highest BCUT2D eigenvalue weighted by atomic mass is 16.4. The number of aromatic carboxylic acids is 1. The number of nitrogens with zero attached hydrogens (tertiary/aromatic N) is 1. The molecule has 0 radical (unpaired) electrons. The van der Waals surface area contributed by atoms with Gasteiger partial charge in [0.05, 0.1) is 27.6 Å². The molecule has 0 bridgehead atoms. The first-order valence-corrected chi connectivity index (χ1v) is 6.24. The Morgan fingerprint density at radius 1 is 1.14 bits per heavy atom. The summed E-state index contributed by atoms with van der Waals surface area (Å²) >= 11 is 0. The minimum atomic E-state index is -1.11. The number of hydrogen-bond donors (Lipinski definition) is 4. The fraction of sp³-hybridized carbons (Fsp3) is 0.429. The van der Waals surface area contributed by atoms with Gasteiger partial charge in [0.25, 0.3) is 0 Å². The highest BCUT2D eigenvalue weighted by molar-refractivity contribution is 5.90. The highest BCUT2D eigenvalue weighted by Gasteiger charge is 2.17. The van der Waals surface area contributed by atoms with Crippen LogP contribution in [0.3, 0.4) is 0 Å². The van der Waals surface area contributed by atoms with Crippen molar-refractivity contribution in [1.82, 2.24) is 0 Å². The molecule has 0 spiro atoms. The van der Waals surface area contributed by atoms with Crippen molar-refractivity contribution in [3.63, 3.8) is 0 Å². The Bertz CT molecular complexity index is 481. The lowest BCUT2D eigenvalue weighted by atomic mass is 10.2. The number of rotatable bonds is 5. The van der Waals surface area contributed by atoms with Gasteiger partial charge in [0.1, 0.15) is 24.0 Å². The molecule has 1 aromatic carbocycles. The van der Waals surface area contributed by atoms with Crippen LogP contribution in [0.2, 0.25) is 0 Å². The molecule has 118 valence electrons. The lowest BCUT2D eigenvalue weighted by molar-refractivity contribution is -0.873. The third-order valence-corrected chi connectivity index (χ3v) is 2.30. The van der Waals surface area contributed by atoms with E-state index >= 15 is 0 Å². The van der Waals surface area contributed by atoms with E-state index in [1.54, 1.807) is 12.1 Å². The van der Waals surface area contributed by atoms with Crippen LogP contribution in [0, 0.1) is 0 Å². The second-order valence-electron chi connectivity index (χ2n) is 5.55. The molecule has 0 saturated heterocycles. The lowest BCUT2D eigenvalue weighted by Gasteiger charge is -2.25. The summed E-state index contributed by atoms with van der Waals surface area (Å²) in [6.07, 6.45) is -0.914. The average molecular weight is 300 g/mol. The topological polar surface area (TPSA) is 115 Å². The van der Waals surface area contributed by atoms with Gasteiger partial charge < -0.3 is 24.9 Å². The normalized spacial score (nSPS) is 12.0. The summed E-state index contributed by atoms with van der Waals surface area (Å²) in [5.74, 6) is -2.26. The maximum absolute atomic E-state index is 10.3. The van der Waals surface area contributed by atoms with Crippen LogP contribution < -0.4 is 0 Å². The summed E-state index contributed by atoms with van der Waals surface area (Å²) in [6, 6.07) is 5.81. The number of likely N-dealkylation sites (N-methyl/N-ethyl adjacent to an activating group) is 1. The van der Waals surface area contributed by atoms with E-state index in [-0.39, 0.29) is 17.7 Å². The van der Waals surface area contributed by atoms with Gasteiger partial charge in [-0.25, -0.2) is 4.79 Å². The Hall–Kier alpha value is -2.12. The van der Waals surface area contributed by atoms with Crippen LogP contribution in [-0.4, -0.2) is 70.6 Å². The maximum atomic E-state index is 10.3. The van der Waals surface area contributed by atoms with Gasteiger partial charge >= 0.3 is 11.9 Å². The van der Waals surface area contributed by atoms with Gasteiger partial charge in [0.2, 0.25) is 0 Å². The molecular formula is C14H22NO6+. The molecule has 0 aromatic heterocycles. The van der Waals surface area contributed by atoms with Crippen molar-refractivity contribution in [1.29, 1.82) is 0 Å². The van der Waals surface area contributed by atoms with E-state index in [2.05, 4.69) is 0 Å². The first-order chi connectivity index (χ1) is 9.53. The van der Waals surface area contributed by atoms with Crippen molar-refractivity contribution >= 4 is 11.9 Å². The Morgan fingerprint density at radius 2 is 1.67 bits per heavy atom. The number of para-hydroxylation sites is 1. The molecule has 1 atom stereocenters. The Balaban J connectivity index is 0.000000382. The molecule has 0 heterocycles. The minimum absolute atomic E-state index is 0.0671. The standard InChI is InChI=1S/C7H15NO3.C7H6O3/c1-8(2,3)5-6(9)4-7(10)11;8-6-4-2-1-3-5(6)7(9)10/h6,9H,4-5H2,1-3H3;1-4,8H,(H,9,10)/p+1/t6-;/m1./s1. The summed E-state index contributed by atoms with van der Waals surface area (Å²) in [7, 11) is 5.72. The van der Waals surface area contributed by atoms with Crippen LogP contribution in [0.15, 0.2) is 24.3 Å². The molecule has 21 heavy (non-hydrogen) atoms. The third-order valence-electron chi connectivity index (χ3n) is 2.30. The van der Waals surface area contributed by atoms with Crippen molar-refractivity contribution in [2.75, 3.05) is 27.7 Å². The zero-order chi connectivity index (χ0) is 16.6. The fourth-order valence-corrected chi connectivity index (χ4v) is 1.55. The lowest BCUT2D eigenvalue weighted by Crippen LogP contribution is -2.42. The molecule has 0 saturated carbocycles. The molecule has 7 heteroatoms. The monoisotopic (exact) mass is 300 g/mol. The number of benzene rings is 1. The summed E-state index contributed by atoms with van der Waals surface area (Å²) in [6.45, 7) is 0.465. The zero-order valence-corrected chi connectivity index (χ0v) is 12.4. The van der Waals surface area contributed by atoms with Crippen LogP contribution in [0.1, 0.15) is 16.8 Å². The first-order valence-electron chi connectivity index (χ1n) is 6.24. The van der Waals surface area contributed by atoms with E-state index in [1.165, 1.54) is 12.1 Å². The Labute approximate surface area is 123 Å². The number of carboxylic acid groups (broad SMARTS) is 2. The molecule has 4 N–H and O–H groups in total. The number of carboxylic acids is 2. The average Bonchev–Trinajstić information content (AvgIpc) is 2.25. The maximum Gasteiger partial charge on any atom is 0.339 e. The van der Waals surface area contributed by atoms with Crippen LogP contribution in [0.25, 0.3) is 0 Å². The Morgan fingerprint density at radius 3 is 2.00 bits per heavy atom. The molecule has 0 fully saturated rings. The zero-order valence-electron chi connectivity index (χ0n) is 12.4. The minimum Gasteiger partial charge on any atom is -0.507 e. The van der Waals surface area contributed by atoms with Crippen molar-refractivity contribution in [2.24, 2.45) is 0 Å². The van der Waals surface area contributed by atoms with Crippen LogP contribution in [0.4, 0.5) is 0 Å². The van der Waals surface area contributed by atoms with Gasteiger partial charge in [0.15, 0.2) is 0 Å². The summed E-state index contributed by atoms with van der Waals surface area (Å²) < 4.78 is 0.578. The number of aliphatic hydroxyl groups is 1. The van der Waals surface area contributed by atoms with Gasteiger partial charge in [-0.15, -0.1) is 0 Å². The molecule has 0 amide bonds. The fourth-order valence-electron chi connectivity index (χ4n) is 1.55. The SMILES string of the molecule is C[N+](C)(C)C[C@H](O)CC(=O)O.O=C(O)c1ccccc1O. The first kappa shape index (κ1) is 18.9. The van der Waals surface area contributed by atoms with E-state index in [4.69, 9.17) is 20.4 Å². The second kappa shape index (κ2) is 8.23. The summed E-state index contributed by atoms with van der Waals surface area (Å²) in [4.78, 5) is 20.4. The number of aromatic hydroxyl groups is 1. The van der Waals surface area contributed by atoms with E-state index in [0.717, 1.165) is 0 Å². The highest BCUT2D eigenvalue weighted by Crippen LogP contribution is 2.14. The number of aliphatic hydroxyl groups excluding tert-OH is 1. The number of phenols is 1. The van der Waals surface area contributed by atoms with Gasteiger partial charge in [-0.2, -0.15) is 0 Å². The molecule has 0 aliphatic carbocycles. The van der Waals surface area contributed by atoms with Crippen molar-refractivity contribution in [2.45, 2.75) is 12.5 Å². The molecule has 0 unspecified atom stereocenters. The predicted octanol–water partition coefficient (Wildman–Crippen LogP) is 0.619. The molecule has 1 aromatic rings. The van der Waals surface area contributed by atoms with Crippen molar-refractivity contribution in [3.8, 4) is 5.75 Å². The van der Waals surface area contributed by atoms with E-state index in [9.17, 15) is 9.59 Å². The van der Waals surface area contributed by atoms with E-state index in [0.29, 0.717) is 11.0 Å². The predicted molar refractivity (Wildman–Crippen MR) is 76.2 cm³/mol. The number of aliphatic carboxylic acids is 1. The van der Waals surface area contributed by atoms with Crippen LogP contribution in [0.5, 0.6) is 5.75 Å². The Kier molecular flexibility index (Phi) is 7.40. The molecular weight excluding hydrogens is 278 g/mol. The van der Waals surface area contributed by atoms with Gasteiger partial charge in [0, 0.05) is 0 Å². The largest absolute Gasteiger partial charge is 0.507 e.